The number of nitrogens with zero attached hydrogens (tertiary/aromatic N) is 1. The second-order valence-corrected chi connectivity index (χ2v) is 5.20. The molecule has 1 aliphatic rings. The van der Waals surface area contributed by atoms with Crippen LogP contribution in [0.15, 0.2) is 30.3 Å². The summed E-state index contributed by atoms with van der Waals surface area (Å²) in [6, 6.07) is 9.62. The van der Waals surface area contributed by atoms with E-state index in [0.717, 1.165) is 5.56 Å². The smallest absolute Gasteiger partial charge is 0.308 e. The van der Waals surface area contributed by atoms with Crippen molar-refractivity contribution in [2.45, 2.75) is 13.5 Å². The van der Waals surface area contributed by atoms with Gasteiger partial charge in [0, 0.05) is 13.1 Å². The fourth-order valence-electron chi connectivity index (χ4n) is 2.41. The van der Waals surface area contributed by atoms with Crippen LogP contribution in [0.2, 0.25) is 0 Å². The standard InChI is InChI=1S/C15H19NO4/c1-11-7-16(8-13(11)15(18)19)14(17)10-20-9-12-5-3-2-4-6-12/h2-6,11,13H,7-10H2,1H3,(H,18,19)/t11-,13-/m1/s1. The van der Waals surface area contributed by atoms with E-state index >= 15 is 0 Å². The average molecular weight is 277 g/mol. The molecule has 5 heteroatoms. The number of carboxylic acid groups (broad SMARTS) is 1. The fraction of sp³-hybridized carbons (Fsp3) is 0.467. The van der Waals surface area contributed by atoms with Crippen molar-refractivity contribution in [3.63, 3.8) is 0 Å². The lowest BCUT2D eigenvalue weighted by molar-refractivity contribution is -0.142. The van der Waals surface area contributed by atoms with E-state index in [1.165, 1.54) is 0 Å². The summed E-state index contributed by atoms with van der Waals surface area (Å²) in [5.41, 5.74) is 1.01. The number of hydrogen-bond acceptors (Lipinski definition) is 3. The summed E-state index contributed by atoms with van der Waals surface area (Å²) in [5, 5.41) is 9.04. The molecule has 0 radical (unpaired) electrons. The topological polar surface area (TPSA) is 66.8 Å². The number of carboxylic acids is 1. The van der Waals surface area contributed by atoms with Crippen molar-refractivity contribution >= 4 is 11.9 Å². The molecule has 0 unspecified atom stereocenters. The molecule has 1 N–H and O–H groups in total. The third-order valence-electron chi connectivity index (χ3n) is 3.62. The highest BCUT2D eigenvalue weighted by Gasteiger charge is 2.36. The molecule has 20 heavy (non-hydrogen) atoms. The first-order valence-electron chi connectivity index (χ1n) is 6.70. The summed E-state index contributed by atoms with van der Waals surface area (Å²) in [7, 11) is 0. The second-order valence-electron chi connectivity index (χ2n) is 5.20. The summed E-state index contributed by atoms with van der Waals surface area (Å²) < 4.78 is 5.39. The van der Waals surface area contributed by atoms with E-state index in [-0.39, 0.29) is 25.0 Å². The largest absolute Gasteiger partial charge is 0.481 e. The molecule has 0 spiro atoms. The Bertz CT molecular complexity index is 474. The minimum absolute atomic E-state index is 0.00600. The number of aliphatic carboxylic acids is 1. The van der Waals surface area contributed by atoms with Gasteiger partial charge in [-0.3, -0.25) is 9.59 Å². The highest BCUT2D eigenvalue weighted by Crippen LogP contribution is 2.23. The molecule has 5 nitrogen and oxygen atoms in total. The molecular formula is C15H19NO4. The van der Waals surface area contributed by atoms with Crippen molar-refractivity contribution < 1.29 is 19.4 Å². The van der Waals surface area contributed by atoms with Gasteiger partial charge in [-0.15, -0.1) is 0 Å². The molecule has 1 saturated heterocycles. The Morgan fingerprint density at radius 1 is 1.30 bits per heavy atom. The van der Waals surface area contributed by atoms with Crippen LogP contribution in [0, 0.1) is 11.8 Å². The maximum absolute atomic E-state index is 12.0. The van der Waals surface area contributed by atoms with Crippen LogP contribution >= 0.6 is 0 Å². The predicted molar refractivity (Wildman–Crippen MR) is 73.0 cm³/mol. The van der Waals surface area contributed by atoms with Gasteiger partial charge in [0.25, 0.3) is 0 Å². The summed E-state index contributed by atoms with van der Waals surface area (Å²) in [4.78, 5) is 24.5. The maximum Gasteiger partial charge on any atom is 0.308 e. The van der Waals surface area contributed by atoms with Crippen molar-refractivity contribution in [3.8, 4) is 0 Å². The van der Waals surface area contributed by atoms with E-state index in [2.05, 4.69) is 0 Å². The zero-order chi connectivity index (χ0) is 14.5. The molecule has 1 heterocycles. The number of likely N-dealkylation sites (tertiary alicyclic amines) is 1. The molecule has 0 aliphatic carbocycles. The number of amides is 1. The molecule has 0 aromatic heterocycles. The molecule has 2 rings (SSSR count). The normalized spacial score (nSPS) is 21.9. The minimum atomic E-state index is -0.835. The predicted octanol–water partition coefficient (Wildman–Crippen LogP) is 1.38. The maximum atomic E-state index is 12.0. The number of carbonyl (C=O) groups is 2. The number of ether oxygens (including phenoxy) is 1. The van der Waals surface area contributed by atoms with Gasteiger partial charge in [0.2, 0.25) is 5.91 Å². The molecule has 1 aromatic rings. The zero-order valence-corrected chi connectivity index (χ0v) is 11.5. The molecule has 0 saturated carbocycles. The van der Waals surface area contributed by atoms with Gasteiger partial charge in [-0.1, -0.05) is 37.3 Å². The van der Waals surface area contributed by atoms with Gasteiger partial charge in [-0.25, -0.2) is 0 Å². The average Bonchev–Trinajstić information content (AvgIpc) is 2.82. The van der Waals surface area contributed by atoms with Crippen LogP contribution in [-0.4, -0.2) is 41.6 Å². The van der Waals surface area contributed by atoms with Crippen molar-refractivity contribution in [2.75, 3.05) is 19.7 Å². The van der Waals surface area contributed by atoms with Crippen LogP contribution in [0.4, 0.5) is 0 Å². The second kappa shape index (κ2) is 6.52. The molecule has 2 atom stereocenters. The highest BCUT2D eigenvalue weighted by molar-refractivity contribution is 5.79. The van der Waals surface area contributed by atoms with Crippen molar-refractivity contribution in [2.24, 2.45) is 11.8 Å². The third kappa shape index (κ3) is 3.57. The van der Waals surface area contributed by atoms with Gasteiger partial charge in [0.05, 0.1) is 12.5 Å². The van der Waals surface area contributed by atoms with Gasteiger partial charge < -0.3 is 14.7 Å². The first kappa shape index (κ1) is 14.5. The SMILES string of the molecule is C[C@@H]1CN(C(=O)COCc2ccccc2)C[C@H]1C(=O)O. The fourth-order valence-corrected chi connectivity index (χ4v) is 2.41. The Hall–Kier alpha value is -1.88. The van der Waals surface area contributed by atoms with Gasteiger partial charge in [0.15, 0.2) is 0 Å². The summed E-state index contributed by atoms with van der Waals surface area (Å²) in [5.74, 6) is -1.45. The Labute approximate surface area is 118 Å². The number of rotatable bonds is 5. The van der Waals surface area contributed by atoms with Gasteiger partial charge in [-0.2, -0.15) is 0 Å². The van der Waals surface area contributed by atoms with Crippen molar-refractivity contribution in [3.05, 3.63) is 35.9 Å². The van der Waals surface area contributed by atoms with E-state index < -0.39 is 11.9 Å². The number of benzene rings is 1. The van der Waals surface area contributed by atoms with Crippen LogP contribution in [0.25, 0.3) is 0 Å². The van der Waals surface area contributed by atoms with E-state index in [4.69, 9.17) is 9.84 Å². The van der Waals surface area contributed by atoms with Crippen LogP contribution in [0.1, 0.15) is 12.5 Å². The Morgan fingerprint density at radius 3 is 2.60 bits per heavy atom. The van der Waals surface area contributed by atoms with Crippen LogP contribution in [0.5, 0.6) is 0 Å². The highest BCUT2D eigenvalue weighted by atomic mass is 16.5. The minimum Gasteiger partial charge on any atom is -0.481 e. The first-order valence-corrected chi connectivity index (χ1v) is 6.70. The lowest BCUT2D eigenvalue weighted by Crippen LogP contribution is -2.32. The van der Waals surface area contributed by atoms with Crippen LogP contribution in [-0.2, 0) is 20.9 Å². The van der Waals surface area contributed by atoms with E-state index in [1.54, 1.807) is 4.90 Å². The molecule has 108 valence electrons. The number of carbonyl (C=O) groups excluding carboxylic acids is 1. The molecule has 1 fully saturated rings. The van der Waals surface area contributed by atoms with Gasteiger partial charge in [0.1, 0.15) is 6.61 Å². The van der Waals surface area contributed by atoms with E-state index in [1.807, 2.05) is 37.3 Å². The van der Waals surface area contributed by atoms with E-state index in [9.17, 15) is 9.59 Å². The zero-order valence-electron chi connectivity index (χ0n) is 11.5. The Kier molecular flexibility index (Phi) is 4.74. The molecule has 0 bridgehead atoms. The molecular weight excluding hydrogens is 258 g/mol. The number of hydrogen-bond donors (Lipinski definition) is 1. The summed E-state index contributed by atoms with van der Waals surface area (Å²) in [6.45, 7) is 3.01. The lowest BCUT2D eigenvalue weighted by atomic mass is 9.99. The van der Waals surface area contributed by atoms with E-state index in [0.29, 0.717) is 13.2 Å². The first-order chi connectivity index (χ1) is 9.58. The van der Waals surface area contributed by atoms with Crippen LogP contribution in [0.3, 0.4) is 0 Å². The summed E-state index contributed by atoms with van der Waals surface area (Å²) in [6.07, 6.45) is 0. The van der Waals surface area contributed by atoms with Crippen LogP contribution < -0.4 is 0 Å². The Morgan fingerprint density at radius 2 is 2.00 bits per heavy atom. The van der Waals surface area contributed by atoms with Crippen molar-refractivity contribution in [1.82, 2.24) is 4.90 Å². The molecule has 1 amide bonds. The molecule has 1 aromatic carbocycles. The van der Waals surface area contributed by atoms with Gasteiger partial charge >= 0.3 is 5.97 Å². The third-order valence-corrected chi connectivity index (χ3v) is 3.62. The monoisotopic (exact) mass is 277 g/mol. The Balaban J connectivity index is 1.77. The van der Waals surface area contributed by atoms with Gasteiger partial charge in [-0.05, 0) is 11.5 Å². The molecule has 1 aliphatic heterocycles. The lowest BCUT2D eigenvalue weighted by Gasteiger charge is -2.15. The summed E-state index contributed by atoms with van der Waals surface area (Å²) >= 11 is 0. The quantitative estimate of drug-likeness (QED) is 0.883. The van der Waals surface area contributed by atoms with Crippen molar-refractivity contribution in [1.29, 1.82) is 0 Å².